The molecule has 0 aromatic rings. The molecule has 0 spiro atoms. The summed E-state index contributed by atoms with van der Waals surface area (Å²) in [5.41, 5.74) is 5.42. The van der Waals surface area contributed by atoms with Gasteiger partial charge in [-0.25, -0.2) is 5.26 Å². The van der Waals surface area contributed by atoms with Gasteiger partial charge in [-0.1, -0.05) is 27.2 Å². The highest BCUT2D eigenvalue weighted by Gasteiger charge is 2.33. The molecular weight excluding hydrogens is 188 g/mol. The molecule has 86 valence electrons. The van der Waals surface area contributed by atoms with Gasteiger partial charge >= 0.3 is 0 Å². The van der Waals surface area contributed by atoms with Crippen LogP contribution in [0.1, 0.15) is 40.0 Å². The largest absolute Gasteiger partial charge is 0.369 e. The Hall–Kier alpha value is -1.04. The molecule has 0 bridgehead atoms. The van der Waals surface area contributed by atoms with E-state index in [1.54, 1.807) is 0 Å². The number of hydrogen-bond donors (Lipinski definition) is 1. The normalized spacial score (nSPS) is 30.4. The first-order valence-corrected chi connectivity index (χ1v) is 5.57. The van der Waals surface area contributed by atoms with Crippen molar-refractivity contribution >= 4 is 5.91 Å². The van der Waals surface area contributed by atoms with E-state index in [-0.39, 0.29) is 11.8 Å². The number of nitriles is 1. The fourth-order valence-electron chi connectivity index (χ4n) is 2.53. The van der Waals surface area contributed by atoms with Crippen molar-refractivity contribution in [3.05, 3.63) is 0 Å². The van der Waals surface area contributed by atoms with Crippen LogP contribution < -0.4 is 5.73 Å². The third kappa shape index (κ3) is 3.91. The lowest BCUT2D eigenvalue weighted by Crippen LogP contribution is -2.37. The molecule has 3 nitrogen and oxygen atoms in total. The highest BCUT2D eigenvalue weighted by atomic mass is 16.1. The van der Waals surface area contributed by atoms with E-state index in [4.69, 9.17) is 11.0 Å². The Morgan fingerprint density at radius 2 is 1.93 bits per heavy atom. The van der Waals surface area contributed by atoms with Gasteiger partial charge in [0.2, 0.25) is 5.91 Å². The summed E-state index contributed by atoms with van der Waals surface area (Å²) in [5.74, 6) is 1.82. The number of nitrogens with two attached hydrogens (primary N) is 1. The second kappa shape index (κ2) is 6.44. The number of primary amides is 1. The summed E-state index contributed by atoms with van der Waals surface area (Å²) in [4.78, 5) is 11.2. The third-order valence-electron chi connectivity index (χ3n) is 3.39. The predicted octanol–water partition coefficient (Wildman–Crippen LogP) is 2.32. The van der Waals surface area contributed by atoms with Gasteiger partial charge in [0.1, 0.15) is 0 Å². The molecule has 1 saturated carbocycles. The minimum absolute atomic E-state index is 0.0924. The van der Waals surface area contributed by atoms with Gasteiger partial charge in [0.15, 0.2) is 0 Å². The molecule has 0 saturated heterocycles. The smallest absolute Gasteiger partial charge is 0.220 e. The van der Waals surface area contributed by atoms with Gasteiger partial charge in [-0.3, -0.25) is 4.79 Å². The van der Waals surface area contributed by atoms with Crippen molar-refractivity contribution < 1.29 is 4.79 Å². The van der Waals surface area contributed by atoms with E-state index < -0.39 is 0 Å². The Kier molecular flexibility index (Phi) is 6.00. The lowest BCUT2D eigenvalue weighted by molar-refractivity contribution is -0.125. The highest BCUT2D eigenvalue weighted by molar-refractivity contribution is 5.77. The van der Waals surface area contributed by atoms with Crippen LogP contribution in [0.2, 0.25) is 0 Å². The fourth-order valence-corrected chi connectivity index (χ4v) is 2.53. The molecule has 1 amide bonds. The van der Waals surface area contributed by atoms with Crippen LogP contribution in [0.15, 0.2) is 0 Å². The molecule has 1 aliphatic rings. The topological polar surface area (TPSA) is 66.9 Å². The van der Waals surface area contributed by atoms with Gasteiger partial charge < -0.3 is 5.73 Å². The Morgan fingerprint density at radius 3 is 2.33 bits per heavy atom. The monoisotopic (exact) mass is 210 g/mol. The predicted molar refractivity (Wildman–Crippen MR) is 60.7 cm³/mol. The van der Waals surface area contributed by atoms with Crippen molar-refractivity contribution in [2.45, 2.75) is 40.0 Å². The molecule has 3 unspecified atom stereocenters. The average Bonchev–Trinajstić information content (AvgIpc) is 2.20. The minimum atomic E-state index is -0.0924. The van der Waals surface area contributed by atoms with Crippen molar-refractivity contribution in [2.24, 2.45) is 29.4 Å². The van der Waals surface area contributed by atoms with Crippen LogP contribution in [-0.4, -0.2) is 5.91 Å². The number of nitrogens with zero attached hydrogens (tertiary/aromatic N) is 1. The zero-order chi connectivity index (χ0) is 12.0. The minimum Gasteiger partial charge on any atom is -0.369 e. The van der Waals surface area contributed by atoms with E-state index in [0.717, 1.165) is 6.42 Å². The summed E-state index contributed by atoms with van der Waals surface area (Å²) in [6, 6.07) is 0. The SMILES string of the molecule is C#N.CC1CCC(C(C)C)C(C(N)=O)C1. The molecule has 3 heteroatoms. The number of rotatable bonds is 2. The maximum Gasteiger partial charge on any atom is 0.220 e. The Bertz CT molecular complexity index is 223. The van der Waals surface area contributed by atoms with Crippen LogP contribution in [0.3, 0.4) is 0 Å². The van der Waals surface area contributed by atoms with E-state index >= 15 is 0 Å². The van der Waals surface area contributed by atoms with Crippen molar-refractivity contribution in [1.82, 2.24) is 0 Å². The van der Waals surface area contributed by atoms with Crippen LogP contribution in [0.5, 0.6) is 0 Å². The number of carbonyl (C=O) groups excluding carboxylic acids is 1. The van der Waals surface area contributed by atoms with Crippen LogP contribution in [0.25, 0.3) is 0 Å². The summed E-state index contributed by atoms with van der Waals surface area (Å²) in [5, 5.41) is 6.50. The second-order valence-corrected chi connectivity index (χ2v) is 4.83. The molecule has 2 N–H and O–H groups in total. The first kappa shape index (κ1) is 14.0. The Morgan fingerprint density at radius 1 is 1.40 bits per heavy atom. The number of hydrogen-bond acceptors (Lipinski definition) is 2. The van der Waals surface area contributed by atoms with E-state index in [0.29, 0.717) is 17.8 Å². The van der Waals surface area contributed by atoms with Crippen LogP contribution in [0, 0.1) is 35.5 Å². The van der Waals surface area contributed by atoms with Gasteiger partial charge in [-0.2, -0.15) is 0 Å². The molecule has 0 radical (unpaired) electrons. The molecule has 15 heavy (non-hydrogen) atoms. The first-order chi connectivity index (χ1) is 7.02. The molecule has 0 aliphatic heterocycles. The molecule has 0 aromatic heterocycles. The zero-order valence-corrected chi connectivity index (χ0v) is 9.94. The molecule has 1 rings (SSSR count). The molecule has 0 heterocycles. The van der Waals surface area contributed by atoms with E-state index in [1.165, 1.54) is 12.8 Å². The van der Waals surface area contributed by atoms with Gasteiger partial charge in [0.25, 0.3) is 0 Å². The van der Waals surface area contributed by atoms with Crippen LogP contribution in [0.4, 0.5) is 0 Å². The first-order valence-electron chi connectivity index (χ1n) is 5.57. The summed E-state index contributed by atoms with van der Waals surface area (Å²) in [6.07, 6.45) is 3.43. The van der Waals surface area contributed by atoms with E-state index in [2.05, 4.69) is 27.3 Å². The third-order valence-corrected chi connectivity index (χ3v) is 3.39. The van der Waals surface area contributed by atoms with E-state index in [1.807, 2.05) is 0 Å². The molecule has 1 aliphatic carbocycles. The number of amides is 1. The summed E-state index contributed by atoms with van der Waals surface area (Å²) >= 11 is 0. The molecule has 0 aromatic carbocycles. The molecular formula is C12H22N2O. The molecule has 1 fully saturated rings. The Labute approximate surface area is 92.6 Å². The van der Waals surface area contributed by atoms with Gasteiger partial charge in [0, 0.05) is 12.5 Å². The summed E-state index contributed by atoms with van der Waals surface area (Å²) in [6.45, 7) is 10.1. The van der Waals surface area contributed by atoms with Crippen LogP contribution in [-0.2, 0) is 4.79 Å². The van der Waals surface area contributed by atoms with Gasteiger partial charge in [-0.05, 0) is 30.6 Å². The van der Waals surface area contributed by atoms with Crippen LogP contribution >= 0.6 is 0 Å². The summed E-state index contributed by atoms with van der Waals surface area (Å²) in [7, 11) is 0. The van der Waals surface area contributed by atoms with Crippen molar-refractivity contribution in [2.75, 3.05) is 0 Å². The van der Waals surface area contributed by atoms with Crippen molar-refractivity contribution in [3.8, 4) is 6.57 Å². The maximum absolute atomic E-state index is 11.2. The molecule has 3 atom stereocenters. The van der Waals surface area contributed by atoms with Gasteiger partial charge in [0.05, 0.1) is 0 Å². The lowest BCUT2D eigenvalue weighted by atomic mass is 9.70. The highest BCUT2D eigenvalue weighted by Crippen LogP contribution is 2.37. The number of carbonyl (C=O) groups is 1. The quantitative estimate of drug-likeness (QED) is 0.760. The lowest BCUT2D eigenvalue weighted by Gasteiger charge is -2.35. The summed E-state index contributed by atoms with van der Waals surface area (Å²) < 4.78 is 0. The average molecular weight is 210 g/mol. The second-order valence-electron chi connectivity index (χ2n) is 4.83. The Balaban J connectivity index is 0.000000921. The van der Waals surface area contributed by atoms with Crippen molar-refractivity contribution in [3.63, 3.8) is 0 Å². The maximum atomic E-state index is 11.2. The van der Waals surface area contributed by atoms with Crippen molar-refractivity contribution in [1.29, 1.82) is 5.26 Å². The van der Waals surface area contributed by atoms with Gasteiger partial charge in [-0.15, -0.1) is 0 Å². The fraction of sp³-hybridized carbons (Fsp3) is 0.833. The standard InChI is InChI=1S/C11H21NO.CHN/c1-7(2)9-5-4-8(3)6-10(9)11(12)13;1-2/h7-10H,4-6H2,1-3H3,(H2,12,13);1H. The van der Waals surface area contributed by atoms with E-state index in [9.17, 15) is 4.79 Å². The zero-order valence-electron chi connectivity index (χ0n) is 9.94.